The second kappa shape index (κ2) is 6.02. The van der Waals surface area contributed by atoms with E-state index in [0.29, 0.717) is 18.2 Å². The SMILES string of the molecule is CC(C)Cc1cc(CNc2ncc(Cl)cc2F)on1. The van der Waals surface area contributed by atoms with E-state index in [9.17, 15) is 4.39 Å². The molecule has 0 unspecified atom stereocenters. The first-order valence-corrected chi connectivity index (χ1v) is 6.42. The summed E-state index contributed by atoms with van der Waals surface area (Å²) in [5, 5.41) is 7.07. The monoisotopic (exact) mass is 283 g/mol. The fourth-order valence-electron chi connectivity index (χ4n) is 1.67. The summed E-state index contributed by atoms with van der Waals surface area (Å²) in [7, 11) is 0. The van der Waals surface area contributed by atoms with Crippen LogP contribution in [0.2, 0.25) is 5.02 Å². The molecule has 2 rings (SSSR count). The van der Waals surface area contributed by atoms with Crippen LogP contribution < -0.4 is 5.32 Å². The number of hydrogen-bond donors (Lipinski definition) is 1. The van der Waals surface area contributed by atoms with E-state index < -0.39 is 5.82 Å². The lowest BCUT2D eigenvalue weighted by Gasteiger charge is -2.03. The van der Waals surface area contributed by atoms with E-state index >= 15 is 0 Å². The molecule has 2 aromatic rings. The summed E-state index contributed by atoms with van der Waals surface area (Å²) in [6, 6.07) is 3.07. The molecule has 19 heavy (non-hydrogen) atoms. The van der Waals surface area contributed by atoms with Crippen LogP contribution in [-0.4, -0.2) is 10.1 Å². The fraction of sp³-hybridized carbons (Fsp3) is 0.385. The van der Waals surface area contributed by atoms with Gasteiger partial charge in [0, 0.05) is 12.3 Å². The minimum atomic E-state index is -0.491. The van der Waals surface area contributed by atoms with Gasteiger partial charge in [0.15, 0.2) is 17.4 Å². The third-order valence-corrected chi connectivity index (χ3v) is 2.67. The van der Waals surface area contributed by atoms with Gasteiger partial charge in [0.2, 0.25) is 0 Å². The molecule has 2 aromatic heterocycles. The highest BCUT2D eigenvalue weighted by molar-refractivity contribution is 6.30. The van der Waals surface area contributed by atoms with E-state index in [-0.39, 0.29) is 10.8 Å². The van der Waals surface area contributed by atoms with Gasteiger partial charge in [-0.3, -0.25) is 0 Å². The van der Waals surface area contributed by atoms with Crippen molar-refractivity contribution in [2.24, 2.45) is 5.92 Å². The zero-order valence-electron chi connectivity index (χ0n) is 10.8. The van der Waals surface area contributed by atoms with Crippen molar-refractivity contribution in [2.45, 2.75) is 26.8 Å². The molecule has 0 aliphatic heterocycles. The van der Waals surface area contributed by atoms with Crippen molar-refractivity contribution in [3.8, 4) is 0 Å². The number of halogens is 2. The lowest BCUT2D eigenvalue weighted by atomic mass is 10.1. The maximum atomic E-state index is 13.5. The molecule has 0 radical (unpaired) electrons. The molecule has 0 saturated carbocycles. The zero-order valence-corrected chi connectivity index (χ0v) is 11.5. The Morgan fingerprint density at radius 2 is 2.21 bits per heavy atom. The molecule has 102 valence electrons. The Hall–Kier alpha value is -1.62. The Kier molecular flexibility index (Phi) is 4.37. The number of rotatable bonds is 5. The molecule has 6 heteroatoms. The molecule has 0 amide bonds. The highest BCUT2D eigenvalue weighted by Gasteiger charge is 2.08. The van der Waals surface area contributed by atoms with Gasteiger partial charge in [-0.25, -0.2) is 9.37 Å². The van der Waals surface area contributed by atoms with E-state index in [1.807, 2.05) is 6.07 Å². The fourth-order valence-corrected chi connectivity index (χ4v) is 1.81. The highest BCUT2D eigenvalue weighted by Crippen LogP contribution is 2.17. The normalized spacial score (nSPS) is 11.0. The van der Waals surface area contributed by atoms with Gasteiger partial charge < -0.3 is 9.84 Å². The number of hydrogen-bond acceptors (Lipinski definition) is 4. The molecule has 0 bridgehead atoms. The zero-order chi connectivity index (χ0) is 13.8. The highest BCUT2D eigenvalue weighted by atomic mass is 35.5. The Morgan fingerprint density at radius 3 is 2.89 bits per heavy atom. The second-order valence-corrected chi connectivity index (χ2v) is 5.16. The number of pyridine rings is 1. The Morgan fingerprint density at radius 1 is 1.42 bits per heavy atom. The van der Waals surface area contributed by atoms with Crippen molar-refractivity contribution >= 4 is 17.4 Å². The van der Waals surface area contributed by atoms with Crippen LogP contribution in [0.1, 0.15) is 25.3 Å². The third-order valence-electron chi connectivity index (χ3n) is 2.46. The summed E-state index contributed by atoms with van der Waals surface area (Å²) < 4.78 is 18.6. The number of aromatic nitrogens is 2. The minimum absolute atomic E-state index is 0.145. The van der Waals surface area contributed by atoms with Gasteiger partial charge in [0.1, 0.15) is 0 Å². The number of nitrogens with one attached hydrogen (secondary N) is 1. The Balaban J connectivity index is 1.96. The average Bonchev–Trinajstić information content (AvgIpc) is 2.74. The topological polar surface area (TPSA) is 51.0 Å². The van der Waals surface area contributed by atoms with E-state index in [1.54, 1.807) is 0 Å². The number of nitrogens with zero attached hydrogens (tertiary/aromatic N) is 2. The van der Waals surface area contributed by atoms with Gasteiger partial charge in [0.25, 0.3) is 0 Å². The Labute approximate surface area is 116 Å². The van der Waals surface area contributed by atoms with Crippen molar-refractivity contribution in [1.82, 2.24) is 10.1 Å². The first-order chi connectivity index (χ1) is 9.04. The minimum Gasteiger partial charge on any atom is -0.360 e. The summed E-state index contributed by atoms with van der Waals surface area (Å²) in [6.07, 6.45) is 2.24. The predicted octanol–water partition coefficient (Wildman–Crippen LogP) is 3.67. The summed E-state index contributed by atoms with van der Waals surface area (Å²) in [5.41, 5.74) is 0.899. The second-order valence-electron chi connectivity index (χ2n) is 4.72. The summed E-state index contributed by atoms with van der Waals surface area (Å²) in [4.78, 5) is 3.87. The smallest absolute Gasteiger partial charge is 0.166 e. The maximum Gasteiger partial charge on any atom is 0.166 e. The summed E-state index contributed by atoms with van der Waals surface area (Å²) in [6.45, 7) is 4.55. The van der Waals surface area contributed by atoms with Crippen LogP contribution in [0.3, 0.4) is 0 Å². The van der Waals surface area contributed by atoms with Gasteiger partial charge in [-0.2, -0.15) is 0 Å². The van der Waals surface area contributed by atoms with E-state index in [4.69, 9.17) is 16.1 Å². The van der Waals surface area contributed by atoms with Crippen molar-refractivity contribution in [1.29, 1.82) is 0 Å². The van der Waals surface area contributed by atoms with Gasteiger partial charge in [0.05, 0.1) is 17.3 Å². The summed E-state index contributed by atoms with van der Waals surface area (Å²) in [5.74, 6) is 0.814. The molecular formula is C13H15ClFN3O. The Bertz CT molecular complexity index is 557. The van der Waals surface area contributed by atoms with E-state index in [2.05, 4.69) is 29.3 Å². The number of anilines is 1. The van der Waals surface area contributed by atoms with Gasteiger partial charge in [-0.1, -0.05) is 30.6 Å². The van der Waals surface area contributed by atoms with Crippen LogP contribution in [0.5, 0.6) is 0 Å². The molecule has 0 saturated heterocycles. The molecule has 0 aliphatic carbocycles. The van der Waals surface area contributed by atoms with Gasteiger partial charge >= 0.3 is 0 Å². The molecule has 4 nitrogen and oxygen atoms in total. The molecule has 0 spiro atoms. The lowest BCUT2D eigenvalue weighted by molar-refractivity contribution is 0.378. The van der Waals surface area contributed by atoms with E-state index in [0.717, 1.165) is 12.1 Å². The van der Waals surface area contributed by atoms with Crippen LogP contribution in [0, 0.1) is 11.7 Å². The van der Waals surface area contributed by atoms with E-state index in [1.165, 1.54) is 12.3 Å². The molecule has 0 aliphatic rings. The van der Waals surface area contributed by atoms with Crippen LogP contribution in [0.4, 0.5) is 10.2 Å². The predicted molar refractivity (Wildman–Crippen MR) is 71.6 cm³/mol. The van der Waals surface area contributed by atoms with Crippen molar-refractivity contribution in [3.63, 3.8) is 0 Å². The third kappa shape index (κ3) is 3.92. The quantitative estimate of drug-likeness (QED) is 0.909. The molecule has 1 N–H and O–H groups in total. The first-order valence-electron chi connectivity index (χ1n) is 6.04. The van der Waals surface area contributed by atoms with Crippen LogP contribution >= 0.6 is 11.6 Å². The molecule has 2 heterocycles. The van der Waals surface area contributed by atoms with Crippen molar-refractivity contribution < 1.29 is 8.91 Å². The van der Waals surface area contributed by atoms with Crippen LogP contribution in [0.15, 0.2) is 22.9 Å². The van der Waals surface area contributed by atoms with Crippen LogP contribution in [0.25, 0.3) is 0 Å². The van der Waals surface area contributed by atoms with Crippen LogP contribution in [-0.2, 0) is 13.0 Å². The summed E-state index contributed by atoms with van der Waals surface area (Å²) >= 11 is 5.63. The standard InChI is InChI=1S/C13H15ClFN3O/c1-8(2)3-10-5-11(19-18-10)7-17-13-12(15)4-9(14)6-16-13/h4-6,8H,3,7H2,1-2H3,(H,16,17). The molecule has 0 atom stereocenters. The largest absolute Gasteiger partial charge is 0.360 e. The first kappa shape index (κ1) is 13.8. The van der Waals surface area contributed by atoms with Crippen molar-refractivity contribution in [3.05, 3.63) is 40.6 Å². The average molecular weight is 284 g/mol. The molecule has 0 fully saturated rings. The van der Waals surface area contributed by atoms with Crippen molar-refractivity contribution in [2.75, 3.05) is 5.32 Å². The van der Waals surface area contributed by atoms with Gasteiger partial charge in [-0.05, 0) is 18.4 Å². The maximum absolute atomic E-state index is 13.5. The lowest BCUT2D eigenvalue weighted by Crippen LogP contribution is -2.02. The molecule has 0 aromatic carbocycles. The van der Waals surface area contributed by atoms with Gasteiger partial charge in [-0.15, -0.1) is 0 Å². The molecular weight excluding hydrogens is 269 g/mol.